The molecule has 0 saturated heterocycles. The normalized spacial score (nSPS) is 12.4. The van der Waals surface area contributed by atoms with Crippen molar-refractivity contribution in [1.82, 2.24) is 4.98 Å². The molecule has 90 valence electrons. The minimum atomic E-state index is -0.214. The number of ether oxygens (including phenoxy) is 1. The van der Waals surface area contributed by atoms with Crippen LogP contribution >= 0.6 is 11.3 Å². The van der Waals surface area contributed by atoms with E-state index in [9.17, 15) is 0 Å². The second-order valence-corrected chi connectivity index (χ2v) is 4.50. The van der Waals surface area contributed by atoms with Crippen molar-refractivity contribution in [1.29, 1.82) is 0 Å². The molecule has 0 aliphatic heterocycles. The van der Waals surface area contributed by atoms with Gasteiger partial charge in [-0.2, -0.15) is 0 Å². The van der Waals surface area contributed by atoms with Crippen LogP contribution in [0.5, 0.6) is 5.75 Å². The highest BCUT2D eigenvalue weighted by molar-refractivity contribution is 7.07. The lowest BCUT2D eigenvalue weighted by Gasteiger charge is -2.15. The second-order valence-electron chi connectivity index (χ2n) is 3.78. The fourth-order valence-electron chi connectivity index (χ4n) is 1.62. The minimum Gasteiger partial charge on any atom is -0.493 e. The van der Waals surface area contributed by atoms with Gasteiger partial charge in [-0.25, -0.2) is 4.98 Å². The van der Waals surface area contributed by atoms with Gasteiger partial charge in [0, 0.05) is 10.9 Å². The Kier molecular flexibility index (Phi) is 4.12. The number of rotatable bonds is 5. The molecular weight excluding hydrogens is 232 g/mol. The zero-order valence-corrected chi connectivity index (χ0v) is 10.6. The van der Waals surface area contributed by atoms with Crippen LogP contribution in [0.1, 0.15) is 30.6 Å². The topological polar surface area (TPSA) is 48.1 Å². The summed E-state index contributed by atoms with van der Waals surface area (Å²) >= 11 is 1.55. The maximum atomic E-state index is 6.20. The van der Waals surface area contributed by atoms with E-state index in [2.05, 4.69) is 11.9 Å². The smallest absolute Gasteiger partial charge is 0.124 e. The molecule has 2 aromatic rings. The summed E-state index contributed by atoms with van der Waals surface area (Å²) in [5, 5.41) is 1.97. The molecule has 2 N–H and O–H groups in total. The summed E-state index contributed by atoms with van der Waals surface area (Å²) in [6.07, 6.45) is 0.986. The van der Waals surface area contributed by atoms with Crippen molar-refractivity contribution >= 4 is 11.3 Å². The van der Waals surface area contributed by atoms with Crippen LogP contribution in [-0.4, -0.2) is 11.6 Å². The van der Waals surface area contributed by atoms with E-state index in [4.69, 9.17) is 10.5 Å². The summed E-state index contributed by atoms with van der Waals surface area (Å²) in [5.41, 5.74) is 9.88. The van der Waals surface area contributed by atoms with Gasteiger partial charge in [-0.15, -0.1) is 11.3 Å². The van der Waals surface area contributed by atoms with Crippen molar-refractivity contribution < 1.29 is 4.74 Å². The molecule has 2 rings (SSSR count). The van der Waals surface area contributed by atoms with Crippen LogP contribution in [0.4, 0.5) is 0 Å². The molecule has 0 spiro atoms. The molecule has 1 aromatic carbocycles. The molecule has 1 aromatic heterocycles. The Labute approximate surface area is 105 Å². The lowest BCUT2D eigenvalue weighted by molar-refractivity contribution is 0.313. The minimum absolute atomic E-state index is 0.214. The Balaban J connectivity index is 2.25. The van der Waals surface area contributed by atoms with E-state index in [-0.39, 0.29) is 6.04 Å². The van der Waals surface area contributed by atoms with Crippen LogP contribution in [-0.2, 0) is 0 Å². The summed E-state index contributed by atoms with van der Waals surface area (Å²) in [5.74, 6) is 0.856. The SMILES string of the molecule is CCCOc1ccccc1C(N)c1cscn1. The summed E-state index contributed by atoms with van der Waals surface area (Å²) in [6, 6.07) is 7.67. The van der Waals surface area contributed by atoms with Crippen LogP contribution in [0.3, 0.4) is 0 Å². The van der Waals surface area contributed by atoms with E-state index in [1.165, 1.54) is 0 Å². The molecule has 0 amide bonds. The molecule has 0 bridgehead atoms. The van der Waals surface area contributed by atoms with Crippen molar-refractivity contribution in [2.24, 2.45) is 5.73 Å². The summed E-state index contributed by atoms with van der Waals surface area (Å²) in [6.45, 7) is 2.80. The Morgan fingerprint density at radius 1 is 1.41 bits per heavy atom. The average molecular weight is 248 g/mol. The van der Waals surface area contributed by atoms with Crippen molar-refractivity contribution in [2.75, 3.05) is 6.61 Å². The fourth-order valence-corrected chi connectivity index (χ4v) is 2.21. The van der Waals surface area contributed by atoms with E-state index in [0.717, 1.165) is 23.4 Å². The van der Waals surface area contributed by atoms with Gasteiger partial charge in [0.15, 0.2) is 0 Å². The van der Waals surface area contributed by atoms with Gasteiger partial charge in [0.05, 0.1) is 23.9 Å². The number of hydrogen-bond donors (Lipinski definition) is 1. The van der Waals surface area contributed by atoms with Gasteiger partial charge >= 0.3 is 0 Å². The molecule has 0 radical (unpaired) electrons. The third-order valence-corrected chi connectivity index (χ3v) is 3.09. The number of nitrogens with two attached hydrogens (primary N) is 1. The maximum Gasteiger partial charge on any atom is 0.124 e. The van der Waals surface area contributed by atoms with E-state index in [1.807, 2.05) is 29.6 Å². The third-order valence-electron chi connectivity index (χ3n) is 2.49. The van der Waals surface area contributed by atoms with Crippen molar-refractivity contribution in [3.8, 4) is 5.75 Å². The van der Waals surface area contributed by atoms with Crippen molar-refractivity contribution in [2.45, 2.75) is 19.4 Å². The predicted molar refractivity (Wildman–Crippen MR) is 70.4 cm³/mol. The van der Waals surface area contributed by atoms with Gasteiger partial charge in [0.2, 0.25) is 0 Å². The van der Waals surface area contributed by atoms with E-state index in [0.29, 0.717) is 6.61 Å². The number of hydrogen-bond acceptors (Lipinski definition) is 4. The van der Waals surface area contributed by atoms with E-state index >= 15 is 0 Å². The molecule has 1 atom stereocenters. The molecule has 1 unspecified atom stereocenters. The summed E-state index contributed by atoms with van der Waals surface area (Å²) in [7, 11) is 0. The molecule has 17 heavy (non-hydrogen) atoms. The first-order chi connectivity index (χ1) is 8.33. The first-order valence-electron chi connectivity index (χ1n) is 5.68. The molecule has 0 fully saturated rings. The monoisotopic (exact) mass is 248 g/mol. The Hall–Kier alpha value is -1.39. The predicted octanol–water partition coefficient (Wildman–Crippen LogP) is 2.98. The van der Waals surface area contributed by atoms with Crippen molar-refractivity contribution in [3.63, 3.8) is 0 Å². The third kappa shape index (κ3) is 2.84. The van der Waals surface area contributed by atoms with Gasteiger partial charge in [-0.05, 0) is 12.5 Å². The fraction of sp³-hybridized carbons (Fsp3) is 0.308. The number of benzene rings is 1. The van der Waals surface area contributed by atoms with Crippen LogP contribution in [0, 0.1) is 0 Å². The lowest BCUT2D eigenvalue weighted by atomic mass is 10.0. The standard InChI is InChI=1S/C13H16N2OS/c1-2-7-16-12-6-4-3-5-10(12)13(14)11-8-17-9-15-11/h3-6,8-9,13H,2,7,14H2,1H3. The van der Waals surface area contributed by atoms with Crippen LogP contribution in [0.25, 0.3) is 0 Å². The maximum absolute atomic E-state index is 6.20. The number of aromatic nitrogens is 1. The quantitative estimate of drug-likeness (QED) is 0.885. The van der Waals surface area contributed by atoms with Gasteiger partial charge in [-0.1, -0.05) is 25.1 Å². The summed E-state index contributed by atoms with van der Waals surface area (Å²) < 4.78 is 5.70. The molecular formula is C13H16N2OS. The van der Waals surface area contributed by atoms with Crippen LogP contribution < -0.4 is 10.5 Å². The Morgan fingerprint density at radius 2 is 2.24 bits per heavy atom. The second kappa shape index (κ2) is 5.80. The average Bonchev–Trinajstić information content (AvgIpc) is 2.89. The molecule has 3 nitrogen and oxygen atoms in total. The first kappa shape index (κ1) is 12.1. The molecule has 0 saturated carbocycles. The van der Waals surface area contributed by atoms with Gasteiger partial charge in [0.1, 0.15) is 5.75 Å². The Morgan fingerprint density at radius 3 is 2.94 bits per heavy atom. The van der Waals surface area contributed by atoms with Crippen LogP contribution in [0.15, 0.2) is 35.2 Å². The first-order valence-corrected chi connectivity index (χ1v) is 6.62. The van der Waals surface area contributed by atoms with E-state index < -0.39 is 0 Å². The highest BCUT2D eigenvalue weighted by Crippen LogP contribution is 2.28. The van der Waals surface area contributed by atoms with Crippen molar-refractivity contribution in [3.05, 3.63) is 46.4 Å². The number of para-hydroxylation sites is 1. The molecule has 1 heterocycles. The van der Waals surface area contributed by atoms with Gasteiger partial charge < -0.3 is 10.5 Å². The highest BCUT2D eigenvalue weighted by Gasteiger charge is 2.15. The molecule has 4 heteroatoms. The van der Waals surface area contributed by atoms with Gasteiger partial charge in [0.25, 0.3) is 0 Å². The Bertz CT molecular complexity index is 456. The lowest BCUT2D eigenvalue weighted by Crippen LogP contribution is -2.14. The molecule has 0 aliphatic carbocycles. The number of nitrogens with zero attached hydrogens (tertiary/aromatic N) is 1. The zero-order valence-electron chi connectivity index (χ0n) is 9.80. The highest BCUT2D eigenvalue weighted by atomic mass is 32.1. The number of thiazole rings is 1. The molecule has 0 aliphatic rings. The van der Waals surface area contributed by atoms with Gasteiger partial charge in [-0.3, -0.25) is 0 Å². The largest absolute Gasteiger partial charge is 0.493 e. The summed E-state index contributed by atoms with van der Waals surface area (Å²) in [4.78, 5) is 4.25. The zero-order chi connectivity index (χ0) is 12.1. The van der Waals surface area contributed by atoms with E-state index in [1.54, 1.807) is 16.8 Å². The van der Waals surface area contributed by atoms with Crippen LogP contribution in [0.2, 0.25) is 0 Å².